The molecule has 0 radical (unpaired) electrons. The third-order valence-electron chi connectivity index (χ3n) is 7.18. The number of nitrogens with zero attached hydrogens (tertiary/aromatic N) is 4. The molecule has 37 heavy (non-hydrogen) atoms. The van der Waals surface area contributed by atoms with Crippen LogP contribution >= 0.6 is 11.8 Å². The lowest BCUT2D eigenvalue weighted by Crippen LogP contribution is -2.42. The molecule has 4 nitrogen and oxygen atoms in total. The molecule has 2 aliphatic rings. The summed E-state index contributed by atoms with van der Waals surface area (Å²) in [6, 6.07) is 22.1. The van der Waals surface area contributed by atoms with Gasteiger partial charge in [0, 0.05) is 30.7 Å². The number of hydrogen-bond donors (Lipinski definition) is 0. The van der Waals surface area contributed by atoms with Gasteiger partial charge in [-0.1, -0.05) is 67.2 Å². The molecule has 0 amide bonds. The van der Waals surface area contributed by atoms with Crippen molar-refractivity contribution in [2.24, 2.45) is 0 Å². The van der Waals surface area contributed by atoms with Crippen LogP contribution in [0.2, 0.25) is 0 Å². The van der Waals surface area contributed by atoms with Crippen LogP contribution in [0, 0.1) is 0 Å². The van der Waals surface area contributed by atoms with Crippen molar-refractivity contribution in [2.45, 2.75) is 31.4 Å². The first-order valence-corrected chi connectivity index (χ1v) is 14.4. The van der Waals surface area contributed by atoms with Crippen LogP contribution in [0.4, 0.5) is 5.82 Å². The van der Waals surface area contributed by atoms with E-state index in [4.69, 9.17) is 0 Å². The minimum Gasteiger partial charge on any atom is -0.342 e. The summed E-state index contributed by atoms with van der Waals surface area (Å²) in [6.45, 7) is 5.43. The Morgan fingerprint density at radius 2 is 1.81 bits per heavy atom. The minimum atomic E-state index is 0.521. The van der Waals surface area contributed by atoms with Gasteiger partial charge in [-0.15, -0.1) is 0 Å². The van der Waals surface area contributed by atoms with Crippen molar-refractivity contribution < 1.29 is 4.57 Å². The van der Waals surface area contributed by atoms with Crippen LogP contribution < -0.4 is 9.47 Å². The summed E-state index contributed by atoms with van der Waals surface area (Å²) in [5.74, 6) is 1.27. The topological polar surface area (TPSA) is 13.6 Å². The van der Waals surface area contributed by atoms with Gasteiger partial charge in [-0.25, -0.2) is 0 Å². The number of benzene rings is 2. The van der Waals surface area contributed by atoms with E-state index in [1.165, 1.54) is 38.7 Å². The van der Waals surface area contributed by atoms with Gasteiger partial charge in [-0.3, -0.25) is 4.90 Å². The molecule has 2 heterocycles. The summed E-state index contributed by atoms with van der Waals surface area (Å²) < 4.78 is 2.46. The van der Waals surface area contributed by atoms with E-state index in [-0.39, 0.29) is 0 Å². The lowest BCUT2D eigenvalue weighted by atomic mass is 10.1. The maximum Gasteiger partial charge on any atom is 0.282 e. The SMILES string of the molecule is CCCN(CCCN(C)C)c1cc(/C=C2/SC3CC=CC=C3N2C)c2ccccc2[n+]1-c1ccccc1. The molecule has 1 saturated heterocycles. The number of anilines is 1. The Kier molecular flexibility index (Phi) is 8.02. The second-order valence-corrected chi connectivity index (χ2v) is 11.4. The number of hydrogen-bond acceptors (Lipinski definition) is 4. The number of pyridine rings is 1. The van der Waals surface area contributed by atoms with Crippen LogP contribution in [0.25, 0.3) is 22.7 Å². The molecule has 1 aromatic heterocycles. The van der Waals surface area contributed by atoms with Gasteiger partial charge < -0.3 is 9.80 Å². The third kappa shape index (κ3) is 5.48. The smallest absolute Gasteiger partial charge is 0.282 e. The molecule has 2 aromatic carbocycles. The second-order valence-electron chi connectivity index (χ2n) is 10.2. The van der Waals surface area contributed by atoms with Gasteiger partial charge in [0.1, 0.15) is 11.2 Å². The third-order valence-corrected chi connectivity index (χ3v) is 8.53. The molecule has 1 atom stereocenters. The highest BCUT2D eigenvalue weighted by Gasteiger charge is 2.31. The predicted octanol–water partition coefficient (Wildman–Crippen LogP) is 6.47. The van der Waals surface area contributed by atoms with Gasteiger partial charge in [0.05, 0.1) is 23.4 Å². The Morgan fingerprint density at radius 1 is 1.03 bits per heavy atom. The fraction of sp³-hybridized carbons (Fsp3) is 0.344. The Hall–Kier alpha value is -3.02. The zero-order chi connectivity index (χ0) is 25.8. The molecule has 1 aliphatic carbocycles. The van der Waals surface area contributed by atoms with Crippen LogP contribution in [0.15, 0.2) is 89.6 Å². The standard InChI is InChI=1S/C32H39N4S/c1-5-20-35(22-13-21-33(2)3)31-23-25(24-32-34(4)29-18-11-12-19-30(29)37-32)27-16-9-10-17-28(27)36(31)26-14-7-6-8-15-26/h6-12,14-18,23-24,30H,5,13,19-22H2,1-4H3/q+1. The van der Waals surface area contributed by atoms with E-state index in [1.807, 2.05) is 11.8 Å². The Labute approximate surface area is 226 Å². The summed E-state index contributed by atoms with van der Waals surface area (Å²) >= 11 is 1.99. The molecule has 1 unspecified atom stereocenters. The number of fused-ring (bicyclic) bond motifs is 2. The average molecular weight is 512 g/mol. The summed E-state index contributed by atoms with van der Waals surface area (Å²) in [6.07, 6.45) is 12.5. The quantitative estimate of drug-likeness (QED) is 0.305. The van der Waals surface area contributed by atoms with Gasteiger partial charge in [0.15, 0.2) is 0 Å². The highest BCUT2D eigenvalue weighted by Crippen LogP contribution is 2.44. The van der Waals surface area contributed by atoms with Gasteiger partial charge in [0.25, 0.3) is 5.82 Å². The van der Waals surface area contributed by atoms with E-state index in [2.05, 4.69) is 132 Å². The zero-order valence-corrected chi connectivity index (χ0v) is 23.4. The first kappa shape index (κ1) is 25.6. The van der Waals surface area contributed by atoms with Crippen molar-refractivity contribution in [3.8, 4) is 5.69 Å². The Bertz CT molecular complexity index is 1330. The summed E-state index contributed by atoms with van der Waals surface area (Å²) in [5, 5.41) is 3.12. The van der Waals surface area contributed by atoms with Gasteiger partial charge in [-0.05, 0) is 69.3 Å². The monoisotopic (exact) mass is 511 g/mol. The Morgan fingerprint density at radius 3 is 2.57 bits per heavy atom. The molecule has 1 aliphatic heterocycles. The molecule has 5 heteroatoms. The highest BCUT2D eigenvalue weighted by atomic mass is 32.2. The average Bonchev–Trinajstić information content (AvgIpc) is 3.23. The van der Waals surface area contributed by atoms with E-state index < -0.39 is 0 Å². The van der Waals surface area contributed by atoms with E-state index in [0.29, 0.717) is 5.25 Å². The van der Waals surface area contributed by atoms with Gasteiger partial charge in [-0.2, -0.15) is 4.57 Å². The van der Waals surface area contributed by atoms with Crippen molar-refractivity contribution in [1.29, 1.82) is 0 Å². The normalized spacial score (nSPS) is 18.1. The zero-order valence-electron chi connectivity index (χ0n) is 22.6. The molecule has 0 N–H and O–H groups in total. The summed E-state index contributed by atoms with van der Waals surface area (Å²) in [4.78, 5) is 7.25. The molecule has 0 bridgehead atoms. The number of thioether (sulfide) groups is 1. The first-order valence-electron chi connectivity index (χ1n) is 13.5. The number of aromatic nitrogens is 1. The fourth-order valence-electron chi connectivity index (χ4n) is 5.36. The van der Waals surface area contributed by atoms with Crippen LogP contribution in [-0.2, 0) is 0 Å². The maximum absolute atomic E-state index is 2.59. The number of allylic oxidation sites excluding steroid dienone is 3. The van der Waals surface area contributed by atoms with Crippen molar-refractivity contribution in [3.05, 3.63) is 95.2 Å². The van der Waals surface area contributed by atoms with E-state index in [0.717, 1.165) is 38.9 Å². The van der Waals surface area contributed by atoms with Crippen LogP contribution in [0.5, 0.6) is 0 Å². The largest absolute Gasteiger partial charge is 0.342 e. The number of rotatable bonds is 9. The molecule has 3 aromatic rings. The van der Waals surface area contributed by atoms with Crippen molar-refractivity contribution in [2.75, 3.05) is 45.7 Å². The summed E-state index contributed by atoms with van der Waals surface area (Å²) in [7, 11) is 6.53. The van der Waals surface area contributed by atoms with Crippen molar-refractivity contribution in [1.82, 2.24) is 9.80 Å². The maximum atomic E-state index is 2.59. The molecule has 192 valence electrons. The molecule has 0 spiro atoms. The Balaban J connectivity index is 1.67. The van der Waals surface area contributed by atoms with Gasteiger partial charge >= 0.3 is 0 Å². The van der Waals surface area contributed by atoms with E-state index in [1.54, 1.807) is 0 Å². The summed E-state index contributed by atoms with van der Waals surface area (Å²) in [5.41, 5.74) is 5.15. The molecule has 1 fully saturated rings. The van der Waals surface area contributed by atoms with Crippen molar-refractivity contribution >= 4 is 34.6 Å². The minimum absolute atomic E-state index is 0.521. The van der Waals surface area contributed by atoms with Crippen LogP contribution in [-0.4, -0.2) is 55.8 Å². The van der Waals surface area contributed by atoms with Gasteiger partial charge in [0.2, 0.25) is 0 Å². The van der Waals surface area contributed by atoms with Crippen molar-refractivity contribution in [3.63, 3.8) is 0 Å². The fourth-order valence-corrected chi connectivity index (χ4v) is 6.67. The second kappa shape index (κ2) is 11.6. The molecular formula is C32H39N4S+. The van der Waals surface area contributed by atoms with Crippen LogP contribution in [0.3, 0.4) is 0 Å². The molecular weight excluding hydrogens is 472 g/mol. The first-order chi connectivity index (χ1) is 18.1. The predicted molar refractivity (Wildman–Crippen MR) is 160 cm³/mol. The molecule has 0 saturated carbocycles. The van der Waals surface area contributed by atoms with Crippen LogP contribution in [0.1, 0.15) is 31.7 Å². The van der Waals surface area contributed by atoms with E-state index >= 15 is 0 Å². The number of para-hydroxylation sites is 2. The lowest BCUT2D eigenvalue weighted by molar-refractivity contribution is -0.553. The lowest BCUT2D eigenvalue weighted by Gasteiger charge is -2.22. The molecule has 5 rings (SSSR count). The van der Waals surface area contributed by atoms with E-state index in [9.17, 15) is 0 Å². The highest BCUT2D eigenvalue weighted by molar-refractivity contribution is 8.04.